The third kappa shape index (κ3) is 3.71. The molecular weight excluding hydrogens is 322 g/mol. The Morgan fingerprint density at radius 1 is 1.36 bits per heavy atom. The molecule has 0 atom stereocenters. The Morgan fingerprint density at radius 3 is 2.84 bits per heavy atom. The van der Waals surface area contributed by atoms with Gasteiger partial charge >= 0.3 is 5.63 Å². The van der Waals surface area contributed by atoms with Crippen LogP contribution in [0.25, 0.3) is 11.0 Å². The number of nitrogens with zero attached hydrogens (tertiary/aromatic N) is 2. The highest BCUT2D eigenvalue weighted by molar-refractivity contribution is 6.11. The molecule has 130 valence electrons. The molecule has 0 saturated carbocycles. The maximum Gasteiger partial charge on any atom is 0.337 e. The Balaban J connectivity index is 1.97. The number of hydrogen-bond donors (Lipinski definition) is 1. The number of fused-ring (bicyclic) bond motifs is 1. The van der Waals surface area contributed by atoms with Crippen molar-refractivity contribution in [3.8, 4) is 5.75 Å². The molecule has 1 amide bonds. The van der Waals surface area contributed by atoms with Gasteiger partial charge in [0.1, 0.15) is 11.3 Å². The average Bonchev–Trinajstić information content (AvgIpc) is 3.00. The van der Waals surface area contributed by atoms with Crippen LogP contribution in [0.5, 0.6) is 5.75 Å². The fourth-order valence-corrected chi connectivity index (χ4v) is 2.48. The highest BCUT2D eigenvalue weighted by Crippen LogP contribution is 2.24. The van der Waals surface area contributed by atoms with Crippen LogP contribution in [0.2, 0.25) is 0 Å². The molecule has 2 heterocycles. The highest BCUT2D eigenvalue weighted by Gasteiger charge is 2.15. The molecule has 0 radical (unpaired) electrons. The molecule has 0 spiro atoms. The molecule has 0 bridgehead atoms. The van der Waals surface area contributed by atoms with Crippen LogP contribution in [0.3, 0.4) is 0 Å². The van der Waals surface area contributed by atoms with Crippen molar-refractivity contribution in [1.29, 1.82) is 0 Å². The van der Waals surface area contributed by atoms with Gasteiger partial charge in [-0.2, -0.15) is 5.10 Å². The molecule has 0 aliphatic carbocycles. The van der Waals surface area contributed by atoms with Gasteiger partial charge in [-0.15, -0.1) is 0 Å². The summed E-state index contributed by atoms with van der Waals surface area (Å²) in [7, 11) is 0. The largest absolute Gasteiger partial charge is 0.491 e. The topological polar surface area (TPSA) is 86.4 Å². The Labute approximate surface area is 144 Å². The van der Waals surface area contributed by atoms with E-state index in [4.69, 9.17) is 9.15 Å². The Bertz CT molecular complexity index is 972. The lowest BCUT2D eigenvalue weighted by Crippen LogP contribution is -2.15. The van der Waals surface area contributed by atoms with E-state index in [-0.39, 0.29) is 11.7 Å². The van der Waals surface area contributed by atoms with E-state index in [0.29, 0.717) is 29.0 Å². The Hall–Kier alpha value is -3.09. The van der Waals surface area contributed by atoms with Crippen LogP contribution in [0.1, 0.15) is 31.1 Å². The smallest absolute Gasteiger partial charge is 0.337 e. The second-order valence-corrected chi connectivity index (χ2v) is 5.84. The maximum absolute atomic E-state index is 12.6. The van der Waals surface area contributed by atoms with Gasteiger partial charge in [0, 0.05) is 30.3 Å². The highest BCUT2D eigenvalue weighted by atomic mass is 16.5. The lowest BCUT2D eigenvalue weighted by Gasteiger charge is -2.11. The molecule has 0 aliphatic heterocycles. The van der Waals surface area contributed by atoms with E-state index in [9.17, 15) is 9.59 Å². The predicted molar refractivity (Wildman–Crippen MR) is 94.1 cm³/mol. The van der Waals surface area contributed by atoms with Crippen molar-refractivity contribution in [2.75, 3.05) is 5.32 Å². The lowest BCUT2D eigenvalue weighted by atomic mass is 10.1. The van der Waals surface area contributed by atoms with Gasteiger partial charge in [-0.1, -0.05) is 0 Å². The van der Waals surface area contributed by atoms with Crippen LogP contribution >= 0.6 is 0 Å². The van der Waals surface area contributed by atoms with Crippen molar-refractivity contribution in [2.45, 2.75) is 33.4 Å². The second kappa shape index (κ2) is 6.80. The van der Waals surface area contributed by atoms with Crippen molar-refractivity contribution in [1.82, 2.24) is 9.78 Å². The van der Waals surface area contributed by atoms with Crippen LogP contribution in [-0.2, 0) is 6.54 Å². The molecule has 0 aliphatic rings. The molecule has 0 saturated heterocycles. The summed E-state index contributed by atoms with van der Waals surface area (Å²) in [6.45, 7) is 6.46. The summed E-state index contributed by atoms with van der Waals surface area (Å²) in [4.78, 5) is 24.4. The van der Waals surface area contributed by atoms with E-state index in [1.807, 2.05) is 20.8 Å². The van der Waals surface area contributed by atoms with Crippen LogP contribution in [0.15, 0.2) is 45.9 Å². The van der Waals surface area contributed by atoms with Crippen molar-refractivity contribution in [3.63, 3.8) is 0 Å². The number of carbonyl (C=O) groups excluding carboxylic acids is 1. The van der Waals surface area contributed by atoms with Crippen molar-refractivity contribution >= 4 is 22.6 Å². The van der Waals surface area contributed by atoms with Gasteiger partial charge in [-0.25, -0.2) is 4.79 Å². The number of rotatable bonds is 5. The third-order valence-corrected chi connectivity index (χ3v) is 3.55. The van der Waals surface area contributed by atoms with E-state index in [2.05, 4.69) is 10.4 Å². The summed E-state index contributed by atoms with van der Waals surface area (Å²) >= 11 is 0. The first kappa shape index (κ1) is 16.8. The minimum absolute atomic E-state index is 0.00856. The molecule has 2 aromatic heterocycles. The van der Waals surface area contributed by atoms with Crippen molar-refractivity contribution < 1.29 is 13.9 Å². The first-order chi connectivity index (χ1) is 12.0. The zero-order chi connectivity index (χ0) is 18.0. The van der Waals surface area contributed by atoms with Crippen molar-refractivity contribution in [3.05, 3.63) is 52.6 Å². The molecule has 1 aromatic carbocycles. The number of carbonyl (C=O) groups is 1. The van der Waals surface area contributed by atoms with Gasteiger partial charge in [0.2, 0.25) is 0 Å². The van der Waals surface area contributed by atoms with Gasteiger partial charge in [-0.3, -0.25) is 9.48 Å². The van der Waals surface area contributed by atoms with Crippen LogP contribution in [0, 0.1) is 0 Å². The number of aromatic nitrogens is 2. The number of ether oxygens (including phenoxy) is 1. The molecule has 25 heavy (non-hydrogen) atoms. The second-order valence-electron chi connectivity index (χ2n) is 5.84. The van der Waals surface area contributed by atoms with E-state index in [0.717, 1.165) is 0 Å². The van der Waals surface area contributed by atoms with E-state index < -0.39 is 11.5 Å². The first-order valence-corrected chi connectivity index (χ1v) is 8.04. The summed E-state index contributed by atoms with van der Waals surface area (Å²) in [5.41, 5.74) is 0.517. The normalized spacial score (nSPS) is 11.0. The Morgan fingerprint density at radius 2 is 2.16 bits per heavy atom. The summed E-state index contributed by atoms with van der Waals surface area (Å²) in [6.07, 6.45) is 3.27. The lowest BCUT2D eigenvalue weighted by molar-refractivity contribution is 0.102. The summed E-state index contributed by atoms with van der Waals surface area (Å²) in [5.74, 6) is 0.179. The molecule has 0 unspecified atom stereocenters. The number of hydrogen-bond acceptors (Lipinski definition) is 5. The van der Waals surface area contributed by atoms with Crippen LogP contribution < -0.4 is 15.7 Å². The first-order valence-electron chi connectivity index (χ1n) is 8.04. The fraction of sp³-hybridized carbons (Fsp3) is 0.278. The van der Waals surface area contributed by atoms with Crippen LogP contribution in [-0.4, -0.2) is 21.8 Å². The molecule has 1 N–H and O–H groups in total. The average molecular weight is 341 g/mol. The number of aryl methyl sites for hydroxylation is 1. The van der Waals surface area contributed by atoms with Gasteiger partial charge in [0.05, 0.1) is 23.6 Å². The van der Waals surface area contributed by atoms with Crippen molar-refractivity contribution in [2.24, 2.45) is 0 Å². The standard InChI is InChI=1S/C18H19N3O4/c1-4-21-10-12(9-19-21)20-18(23)15-8-17(22)25-16-7-13(24-11(2)3)5-6-14(15)16/h5-11H,4H2,1-3H3,(H,20,23). The zero-order valence-corrected chi connectivity index (χ0v) is 14.3. The third-order valence-electron chi connectivity index (χ3n) is 3.55. The number of nitrogens with one attached hydrogen (secondary N) is 1. The van der Waals surface area contributed by atoms with Gasteiger partial charge in [-0.05, 0) is 32.9 Å². The van der Waals surface area contributed by atoms with Gasteiger partial charge < -0.3 is 14.5 Å². The summed E-state index contributed by atoms with van der Waals surface area (Å²) in [6, 6.07) is 6.25. The Kier molecular flexibility index (Phi) is 4.56. The van der Waals surface area contributed by atoms with E-state index in [1.165, 1.54) is 6.07 Å². The van der Waals surface area contributed by atoms with Gasteiger partial charge in [0.25, 0.3) is 5.91 Å². The monoisotopic (exact) mass is 341 g/mol. The maximum atomic E-state index is 12.6. The molecular formula is C18H19N3O4. The molecule has 3 rings (SSSR count). The van der Waals surface area contributed by atoms with Crippen LogP contribution in [0.4, 0.5) is 5.69 Å². The number of anilines is 1. The molecule has 7 heteroatoms. The number of amides is 1. The zero-order valence-electron chi connectivity index (χ0n) is 14.3. The molecule has 0 fully saturated rings. The SMILES string of the molecule is CCn1cc(NC(=O)c2cc(=O)oc3cc(OC(C)C)ccc23)cn1. The minimum Gasteiger partial charge on any atom is -0.491 e. The van der Waals surface area contributed by atoms with Gasteiger partial charge in [0.15, 0.2) is 0 Å². The molecule has 7 nitrogen and oxygen atoms in total. The van der Waals surface area contributed by atoms with E-state index >= 15 is 0 Å². The minimum atomic E-state index is -0.594. The van der Waals surface area contributed by atoms with E-state index in [1.54, 1.807) is 35.3 Å². The predicted octanol–water partition coefficient (Wildman–Crippen LogP) is 3.05. The fourth-order valence-electron chi connectivity index (χ4n) is 2.48. The number of benzene rings is 1. The summed E-state index contributed by atoms with van der Waals surface area (Å²) < 4.78 is 12.5. The molecule has 3 aromatic rings. The summed E-state index contributed by atoms with van der Waals surface area (Å²) in [5, 5.41) is 7.39. The quantitative estimate of drug-likeness (QED) is 0.721.